The third-order valence-corrected chi connectivity index (χ3v) is 3.54. The van der Waals surface area contributed by atoms with Gasteiger partial charge in [0, 0.05) is 12.0 Å². The Morgan fingerprint density at radius 1 is 1.30 bits per heavy atom. The molecular formula is C13H14F3NO3. The van der Waals surface area contributed by atoms with Crippen molar-refractivity contribution in [3.05, 3.63) is 23.4 Å². The molecule has 7 heteroatoms. The van der Waals surface area contributed by atoms with Gasteiger partial charge in [-0.05, 0) is 25.3 Å². The minimum absolute atomic E-state index is 0.151. The first kappa shape index (κ1) is 14.8. The SMILES string of the molecule is O=C1CC(C(F)(F)F)=CC=C1NC(=O)C1CCCC1O. The maximum Gasteiger partial charge on any atom is 0.413 e. The lowest BCUT2D eigenvalue weighted by Crippen LogP contribution is -2.37. The van der Waals surface area contributed by atoms with Crippen LogP contribution in [0, 0.1) is 5.92 Å². The summed E-state index contributed by atoms with van der Waals surface area (Å²) in [6.45, 7) is 0. The standard InChI is InChI=1S/C13H14F3NO3/c14-13(15,16)7-4-5-9(11(19)6-7)17-12(20)8-2-1-3-10(8)18/h4-5,8,10,18H,1-3,6H2,(H,17,20). The van der Waals surface area contributed by atoms with Crippen LogP contribution < -0.4 is 5.32 Å². The quantitative estimate of drug-likeness (QED) is 0.811. The van der Waals surface area contributed by atoms with Crippen LogP contribution in [-0.2, 0) is 9.59 Å². The lowest BCUT2D eigenvalue weighted by atomic mass is 9.99. The Kier molecular flexibility index (Phi) is 3.99. The monoisotopic (exact) mass is 289 g/mol. The first-order chi connectivity index (χ1) is 9.29. The highest BCUT2D eigenvalue weighted by atomic mass is 19.4. The number of carbonyl (C=O) groups excluding carboxylic acids is 2. The number of aliphatic hydroxyl groups excluding tert-OH is 1. The molecule has 0 aromatic heterocycles. The van der Waals surface area contributed by atoms with E-state index in [-0.39, 0.29) is 5.70 Å². The van der Waals surface area contributed by atoms with E-state index < -0.39 is 41.9 Å². The number of ketones is 1. The van der Waals surface area contributed by atoms with Crippen LogP contribution in [0.15, 0.2) is 23.4 Å². The van der Waals surface area contributed by atoms with Gasteiger partial charge in [0.2, 0.25) is 5.91 Å². The molecule has 110 valence electrons. The fourth-order valence-electron chi connectivity index (χ4n) is 2.38. The maximum absolute atomic E-state index is 12.4. The third-order valence-electron chi connectivity index (χ3n) is 3.54. The Bertz CT molecular complexity index is 494. The zero-order valence-corrected chi connectivity index (χ0v) is 10.5. The second-order valence-electron chi connectivity index (χ2n) is 4.96. The van der Waals surface area contributed by atoms with Crippen molar-refractivity contribution < 1.29 is 27.9 Å². The number of halogens is 3. The van der Waals surface area contributed by atoms with Gasteiger partial charge in [-0.2, -0.15) is 13.2 Å². The molecule has 2 N–H and O–H groups in total. The van der Waals surface area contributed by atoms with Crippen molar-refractivity contribution in [3.63, 3.8) is 0 Å². The van der Waals surface area contributed by atoms with E-state index in [0.717, 1.165) is 12.2 Å². The van der Waals surface area contributed by atoms with Crippen LogP contribution in [0.1, 0.15) is 25.7 Å². The van der Waals surface area contributed by atoms with Crippen molar-refractivity contribution in [1.29, 1.82) is 0 Å². The van der Waals surface area contributed by atoms with Crippen LogP contribution in [0.3, 0.4) is 0 Å². The van der Waals surface area contributed by atoms with E-state index >= 15 is 0 Å². The largest absolute Gasteiger partial charge is 0.413 e. The van der Waals surface area contributed by atoms with E-state index in [4.69, 9.17) is 0 Å². The molecule has 1 amide bonds. The second kappa shape index (κ2) is 5.40. The highest BCUT2D eigenvalue weighted by Crippen LogP contribution is 2.31. The summed E-state index contributed by atoms with van der Waals surface area (Å²) >= 11 is 0. The molecule has 0 radical (unpaired) electrons. The summed E-state index contributed by atoms with van der Waals surface area (Å²) in [6, 6.07) is 0. The molecule has 4 nitrogen and oxygen atoms in total. The van der Waals surface area contributed by atoms with Crippen LogP contribution >= 0.6 is 0 Å². The molecule has 2 aliphatic rings. The van der Waals surface area contributed by atoms with E-state index in [1.54, 1.807) is 0 Å². The molecule has 0 spiro atoms. The van der Waals surface area contributed by atoms with Crippen molar-refractivity contribution >= 4 is 11.7 Å². The molecule has 1 fully saturated rings. The molecule has 0 saturated heterocycles. The second-order valence-corrected chi connectivity index (χ2v) is 4.96. The summed E-state index contributed by atoms with van der Waals surface area (Å²) in [5.41, 5.74) is -1.08. The molecule has 0 aromatic carbocycles. The number of hydrogen-bond donors (Lipinski definition) is 2. The summed E-state index contributed by atoms with van der Waals surface area (Å²) in [5.74, 6) is -1.89. The minimum Gasteiger partial charge on any atom is -0.392 e. The Hall–Kier alpha value is -1.63. The van der Waals surface area contributed by atoms with Crippen molar-refractivity contribution in [2.75, 3.05) is 0 Å². The number of alkyl halides is 3. The summed E-state index contributed by atoms with van der Waals surface area (Å²) < 4.78 is 37.3. The van der Waals surface area contributed by atoms with E-state index in [1.165, 1.54) is 0 Å². The number of amides is 1. The van der Waals surface area contributed by atoms with Crippen LogP contribution in [0.2, 0.25) is 0 Å². The number of Topliss-reactive ketones (excluding diaryl/α,β-unsaturated/α-hetero) is 1. The van der Waals surface area contributed by atoms with Gasteiger partial charge < -0.3 is 10.4 Å². The average molecular weight is 289 g/mol. The number of aliphatic hydroxyl groups is 1. The fraction of sp³-hybridized carbons (Fsp3) is 0.538. The zero-order valence-electron chi connectivity index (χ0n) is 10.5. The topological polar surface area (TPSA) is 66.4 Å². The molecule has 20 heavy (non-hydrogen) atoms. The third kappa shape index (κ3) is 3.09. The summed E-state index contributed by atoms with van der Waals surface area (Å²) in [4.78, 5) is 23.4. The highest BCUT2D eigenvalue weighted by Gasteiger charge is 2.37. The fourth-order valence-corrected chi connectivity index (χ4v) is 2.38. The Balaban J connectivity index is 2.06. The van der Waals surface area contributed by atoms with Gasteiger partial charge in [0.05, 0.1) is 17.7 Å². The molecular weight excluding hydrogens is 275 g/mol. The first-order valence-corrected chi connectivity index (χ1v) is 6.29. The van der Waals surface area contributed by atoms with Crippen molar-refractivity contribution in [3.8, 4) is 0 Å². The van der Waals surface area contributed by atoms with Gasteiger partial charge in [-0.3, -0.25) is 9.59 Å². The lowest BCUT2D eigenvalue weighted by Gasteiger charge is -2.19. The van der Waals surface area contributed by atoms with Gasteiger partial charge >= 0.3 is 6.18 Å². The van der Waals surface area contributed by atoms with Gasteiger partial charge in [0.1, 0.15) is 0 Å². The molecule has 2 atom stereocenters. The van der Waals surface area contributed by atoms with E-state index in [2.05, 4.69) is 5.32 Å². The highest BCUT2D eigenvalue weighted by molar-refractivity contribution is 6.01. The van der Waals surface area contributed by atoms with Crippen molar-refractivity contribution in [2.45, 2.75) is 38.0 Å². The van der Waals surface area contributed by atoms with Crippen molar-refractivity contribution in [2.24, 2.45) is 5.92 Å². The Morgan fingerprint density at radius 2 is 2.00 bits per heavy atom. The molecule has 0 heterocycles. The molecule has 0 aliphatic heterocycles. The number of carbonyl (C=O) groups is 2. The normalized spacial score (nSPS) is 27.1. The molecule has 2 unspecified atom stereocenters. The van der Waals surface area contributed by atoms with E-state index in [1.807, 2.05) is 0 Å². The van der Waals surface area contributed by atoms with Crippen LogP contribution in [-0.4, -0.2) is 29.1 Å². The first-order valence-electron chi connectivity index (χ1n) is 6.29. The average Bonchev–Trinajstić information content (AvgIpc) is 2.76. The summed E-state index contributed by atoms with van der Waals surface area (Å²) in [6.07, 6.45) is -2.57. The number of nitrogens with one attached hydrogen (secondary N) is 1. The van der Waals surface area contributed by atoms with Gasteiger partial charge in [0.15, 0.2) is 5.78 Å². The van der Waals surface area contributed by atoms with E-state index in [9.17, 15) is 27.9 Å². The van der Waals surface area contributed by atoms with Crippen LogP contribution in [0.5, 0.6) is 0 Å². The molecule has 1 saturated carbocycles. The molecule has 0 aromatic rings. The lowest BCUT2D eigenvalue weighted by molar-refractivity contribution is -0.128. The van der Waals surface area contributed by atoms with Gasteiger partial charge in [-0.1, -0.05) is 6.08 Å². The van der Waals surface area contributed by atoms with Crippen LogP contribution in [0.25, 0.3) is 0 Å². The minimum atomic E-state index is -4.54. The number of rotatable bonds is 2. The van der Waals surface area contributed by atoms with Crippen molar-refractivity contribution in [1.82, 2.24) is 5.32 Å². The maximum atomic E-state index is 12.4. The number of hydrogen-bond acceptors (Lipinski definition) is 3. The molecule has 2 rings (SSSR count). The van der Waals surface area contributed by atoms with Gasteiger partial charge in [-0.15, -0.1) is 0 Å². The Labute approximate surface area is 113 Å². The van der Waals surface area contributed by atoms with Gasteiger partial charge in [0.25, 0.3) is 0 Å². The number of allylic oxidation sites excluding steroid dienone is 4. The summed E-state index contributed by atoms with van der Waals surface area (Å²) in [5, 5.41) is 11.9. The summed E-state index contributed by atoms with van der Waals surface area (Å²) in [7, 11) is 0. The Morgan fingerprint density at radius 3 is 2.50 bits per heavy atom. The molecule has 2 aliphatic carbocycles. The van der Waals surface area contributed by atoms with Crippen LogP contribution in [0.4, 0.5) is 13.2 Å². The molecule has 0 bridgehead atoms. The predicted octanol–water partition coefficient (Wildman–Crippen LogP) is 1.61. The zero-order chi connectivity index (χ0) is 14.9. The van der Waals surface area contributed by atoms with E-state index in [0.29, 0.717) is 19.3 Å². The van der Waals surface area contributed by atoms with Gasteiger partial charge in [-0.25, -0.2) is 0 Å². The predicted molar refractivity (Wildman–Crippen MR) is 63.3 cm³/mol. The smallest absolute Gasteiger partial charge is 0.392 e.